The monoisotopic (exact) mass is 482 g/mol. The van der Waals surface area contributed by atoms with Gasteiger partial charge in [-0.25, -0.2) is 8.42 Å². The second-order valence-corrected chi connectivity index (χ2v) is 9.77. The predicted molar refractivity (Wildman–Crippen MR) is 118 cm³/mol. The van der Waals surface area contributed by atoms with Crippen molar-refractivity contribution in [1.82, 2.24) is 0 Å². The smallest absolute Gasteiger partial charge is 0.278 e. The zero-order valence-corrected chi connectivity index (χ0v) is 17.9. The Morgan fingerprint density at radius 2 is 1.16 bits per heavy atom. The van der Waals surface area contributed by atoms with E-state index in [1.54, 1.807) is 12.1 Å². The number of nitrogens with one attached hydrogen (secondary N) is 2. The molecule has 0 aromatic heterocycles. The van der Waals surface area contributed by atoms with Gasteiger partial charge in [0.25, 0.3) is 10.0 Å². The zero-order chi connectivity index (χ0) is 23.4. The molecule has 0 bridgehead atoms. The van der Waals surface area contributed by atoms with E-state index in [1.165, 1.54) is 22.9 Å². The Kier molecular flexibility index (Phi) is 6.60. The molecule has 0 amide bonds. The third kappa shape index (κ3) is 5.89. The highest BCUT2D eigenvalue weighted by Crippen LogP contribution is 2.30. The molecule has 32 heavy (non-hydrogen) atoms. The molecule has 0 saturated heterocycles. The van der Waals surface area contributed by atoms with Crippen molar-refractivity contribution in [3.63, 3.8) is 0 Å². The van der Waals surface area contributed by atoms with Crippen molar-refractivity contribution in [3.8, 4) is 11.1 Å². The summed E-state index contributed by atoms with van der Waals surface area (Å²) in [5, 5.41) is 0.833. The molecule has 3 rings (SSSR count). The van der Waals surface area contributed by atoms with Gasteiger partial charge in [0.15, 0.2) is 0 Å². The minimum atomic E-state index is -5.71. The van der Waals surface area contributed by atoms with Crippen LogP contribution in [0.15, 0.2) is 84.3 Å². The van der Waals surface area contributed by atoms with E-state index in [1.807, 2.05) is 42.5 Å². The first-order valence-electron chi connectivity index (χ1n) is 9.01. The Hall–Kier alpha value is -3.31. The summed E-state index contributed by atoms with van der Waals surface area (Å²) in [6.07, 6.45) is 1.31. The first-order chi connectivity index (χ1) is 15.0. The Bertz CT molecular complexity index is 1320. The minimum absolute atomic E-state index is 0.357. The molecule has 0 aliphatic rings. The van der Waals surface area contributed by atoms with Crippen LogP contribution in [0.2, 0.25) is 0 Å². The third-order valence-corrected chi connectivity index (χ3v) is 6.28. The maximum Gasteiger partial charge on any atom is 0.516 e. The Morgan fingerprint density at radius 1 is 0.656 bits per heavy atom. The number of hydrogen-bond acceptors (Lipinski definition) is 4. The van der Waals surface area contributed by atoms with E-state index in [0.717, 1.165) is 28.7 Å². The van der Waals surface area contributed by atoms with Crippen LogP contribution in [0.4, 0.5) is 24.5 Å². The van der Waals surface area contributed by atoms with Crippen LogP contribution in [-0.2, 0) is 20.0 Å². The van der Waals surface area contributed by atoms with Gasteiger partial charge in [-0.15, -0.1) is 0 Å². The van der Waals surface area contributed by atoms with Gasteiger partial charge in [0, 0.05) is 0 Å². The highest BCUT2D eigenvalue weighted by atomic mass is 32.2. The van der Waals surface area contributed by atoms with Gasteiger partial charge in [-0.05, 0) is 34.9 Å². The molecule has 3 aromatic rings. The standard InChI is InChI=1S/C21H17F3N2O4S2/c22-21(23,24)32(29,30)26-20-9-5-4-8-19(20)25-31(27,28)15-14-16-10-12-18(13-11-16)17-6-2-1-3-7-17/h1-15,25-26H/b15-14+. The van der Waals surface area contributed by atoms with E-state index in [9.17, 15) is 30.0 Å². The molecule has 0 heterocycles. The molecule has 0 saturated carbocycles. The maximum absolute atomic E-state index is 12.6. The molecule has 0 radical (unpaired) electrons. The SMILES string of the molecule is O=S(=O)(/C=C/c1ccc(-c2ccccc2)cc1)Nc1ccccc1NS(=O)(=O)C(F)(F)F. The van der Waals surface area contributed by atoms with E-state index in [0.29, 0.717) is 5.56 Å². The van der Waals surface area contributed by atoms with Gasteiger partial charge in [0.1, 0.15) is 0 Å². The minimum Gasteiger partial charge on any atom is -0.278 e. The summed E-state index contributed by atoms with van der Waals surface area (Å²) < 4.78 is 88.8. The molecular weight excluding hydrogens is 465 g/mol. The number of halogens is 3. The molecule has 0 unspecified atom stereocenters. The van der Waals surface area contributed by atoms with Crippen molar-refractivity contribution < 1.29 is 30.0 Å². The van der Waals surface area contributed by atoms with E-state index in [-0.39, 0.29) is 5.69 Å². The summed E-state index contributed by atoms with van der Waals surface area (Å²) in [5.74, 6) is 0. The van der Waals surface area contributed by atoms with Crippen molar-refractivity contribution in [2.45, 2.75) is 5.51 Å². The van der Waals surface area contributed by atoms with Gasteiger partial charge in [-0.2, -0.15) is 21.6 Å². The largest absolute Gasteiger partial charge is 0.516 e. The molecule has 11 heteroatoms. The molecule has 6 nitrogen and oxygen atoms in total. The number of hydrogen-bond donors (Lipinski definition) is 2. The molecule has 0 spiro atoms. The number of benzene rings is 3. The number of para-hydroxylation sites is 2. The summed E-state index contributed by atoms with van der Waals surface area (Å²) in [6, 6.07) is 21.3. The van der Waals surface area contributed by atoms with Crippen LogP contribution in [0.1, 0.15) is 5.56 Å². The Balaban J connectivity index is 1.77. The van der Waals surface area contributed by atoms with Gasteiger partial charge in [0.2, 0.25) is 0 Å². The highest BCUT2D eigenvalue weighted by Gasteiger charge is 2.46. The number of sulfonamides is 2. The summed E-state index contributed by atoms with van der Waals surface area (Å²) >= 11 is 0. The Labute approximate surface area is 183 Å². The second kappa shape index (κ2) is 9.05. The topological polar surface area (TPSA) is 92.3 Å². The number of alkyl halides is 3. The van der Waals surface area contributed by atoms with Crippen molar-refractivity contribution in [2.75, 3.05) is 9.44 Å². The highest BCUT2D eigenvalue weighted by molar-refractivity contribution is 7.95. The summed E-state index contributed by atoms with van der Waals surface area (Å²) in [6.45, 7) is 0. The lowest BCUT2D eigenvalue weighted by molar-refractivity contribution is -0.0429. The van der Waals surface area contributed by atoms with Crippen LogP contribution in [-0.4, -0.2) is 22.3 Å². The van der Waals surface area contributed by atoms with E-state index in [4.69, 9.17) is 0 Å². The second-order valence-electron chi connectivity index (χ2n) is 6.53. The third-order valence-electron chi connectivity index (χ3n) is 4.19. The summed E-state index contributed by atoms with van der Waals surface area (Å²) in [7, 11) is -9.87. The van der Waals surface area contributed by atoms with Gasteiger partial charge < -0.3 is 0 Å². The molecule has 0 aliphatic heterocycles. The zero-order valence-electron chi connectivity index (χ0n) is 16.2. The molecule has 168 valence electrons. The lowest BCUT2D eigenvalue weighted by Crippen LogP contribution is -2.30. The maximum atomic E-state index is 12.6. The van der Waals surface area contributed by atoms with Gasteiger partial charge in [-0.1, -0.05) is 66.7 Å². The number of rotatable bonds is 7. The van der Waals surface area contributed by atoms with Crippen LogP contribution in [0, 0.1) is 0 Å². The first-order valence-corrected chi connectivity index (χ1v) is 12.0. The molecule has 3 aromatic carbocycles. The van der Waals surface area contributed by atoms with E-state index in [2.05, 4.69) is 4.72 Å². The van der Waals surface area contributed by atoms with Crippen LogP contribution in [0.25, 0.3) is 17.2 Å². The lowest BCUT2D eigenvalue weighted by Gasteiger charge is -2.14. The number of anilines is 2. The lowest BCUT2D eigenvalue weighted by atomic mass is 10.0. The predicted octanol–water partition coefficient (Wildman–Crippen LogP) is 5.03. The molecule has 0 fully saturated rings. The fourth-order valence-corrected chi connectivity index (χ4v) is 4.11. The summed E-state index contributed by atoms with van der Waals surface area (Å²) in [4.78, 5) is 0. The fraction of sp³-hybridized carbons (Fsp3) is 0.0476. The molecule has 0 aliphatic carbocycles. The first kappa shape index (κ1) is 23.4. The molecular formula is C21H17F3N2O4S2. The van der Waals surface area contributed by atoms with Gasteiger partial charge in [-0.3, -0.25) is 9.44 Å². The normalized spacial score (nSPS) is 12.6. The van der Waals surface area contributed by atoms with Gasteiger partial charge in [0.05, 0.1) is 16.8 Å². The Morgan fingerprint density at radius 3 is 1.72 bits per heavy atom. The van der Waals surface area contributed by atoms with Crippen LogP contribution in [0.5, 0.6) is 0 Å². The van der Waals surface area contributed by atoms with E-state index >= 15 is 0 Å². The summed E-state index contributed by atoms with van der Waals surface area (Å²) in [5.41, 5.74) is -3.96. The van der Waals surface area contributed by atoms with Crippen LogP contribution >= 0.6 is 0 Å². The van der Waals surface area contributed by atoms with Crippen molar-refractivity contribution in [3.05, 3.63) is 89.8 Å². The average Bonchev–Trinajstić information content (AvgIpc) is 2.74. The fourth-order valence-electron chi connectivity index (χ4n) is 2.64. The van der Waals surface area contributed by atoms with Crippen molar-refractivity contribution in [2.24, 2.45) is 0 Å². The van der Waals surface area contributed by atoms with Crippen molar-refractivity contribution in [1.29, 1.82) is 0 Å². The van der Waals surface area contributed by atoms with Gasteiger partial charge >= 0.3 is 15.5 Å². The van der Waals surface area contributed by atoms with E-state index < -0.39 is 31.2 Å². The average molecular weight is 483 g/mol. The molecule has 2 N–H and O–H groups in total. The quantitative estimate of drug-likeness (QED) is 0.494. The molecule has 0 atom stereocenters. The van der Waals surface area contributed by atoms with Crippen molar-refractivity contribution >= 4 is 37.5 Å². The van der Waals surface area contributed by atoms with Crippen LogP contribution in [0.3, 0.4) is 0 Å². The van der Waals surface area contributed by atoms with Crippen LogP contribution < -0.4 is 9.44 Å².